The second kappa shape index (κ2) is 12.6. The minimum absolute atomic E-state index is 0.0933. The number of ether oxygens (including phenoxy) is 1. The predicted molar refractivity (Wildman–Crippen MR) is 130 cm³/mol. The summed E-state index contributed by atoms with van der Waals surface area (Å²) >= 11 is 0. The molecule has 0 heterocycles. The molecule has 0 aliphatic carbocycles. The Balaban J connectivity index is 3.37. The molecule has 0 unspecified atom stereocenters. The Morgan fingerprint density at radius 1 is 0.935 bits per heavy atom. The van der Waals surface area contributed by atoms with Gasteiger partial charge in [-0.15, -0.1) is 0 Å². The Labute approximate surface area is 191 Å². The summed E-state index contributed by atoms with van der Waals surface area (Å²) in [7, 11) is 0. The van der Waals surface area contributed by atoms with Gasteiger partial charge in [0.2, 0.25) is 0 Å². The lowest BCUT2D eigenvalue weighted by Crippen LogP contribution is -2.37. The van der Waals surface area contributed by atoms with Gasteiger partial charge in [0.1, 0.15) is 0 Å². The molecule has 4 heteroatoms. The maximum Gasteiger partial charge on any atom is 0.305 e. The molecule has 1 N–H and O–H groups in total. The van der Waals surface area contributed by atoms with Crippen LogP contribution in [0.1, 0.15) is 135 Å². The summed E-state index contributed by atoms with van der Waals surface area (Å²) in [4.78, 5) is 12.0. The molecule has 0 fully saturated rings. The van der Waals surface area contributed by atoms with E-state index in [0.29, 0.717) is 43.1 Å². The molecule has 4 nitrogen and oxygen atoms in total. The first-order valence-electron chi connectivity index (χ1n) is 12.2. The molecule has 1 aromatic carbocycles. The molecule has 178 valence electrons. The van der Waals surface area contributed by atoms with Gasteiger partial charge in [-0.1, -0.05) is 67.5 Å². The van der Waals surface area contributed by atoms with Crippen molar-refractivity contribution >= 4 is 5.97 Å². The minimum Gasteiger partial charge on any atom is -0.466 e. The first-order chi connectivity index (χ1) is 14.4. The highest BCUT2D eigenvalue weighted by Crippen LogP contribution is 2.38. The van der Waals surface area contributed by atoms with Crippen LogP contribution < -0.4 is 0 Å². The summed E-state index contributed by atoms with van der Waals surface area (Å²) in [6.07, 6.45) is 1.75. The number of hydroxylamine groups is 2. The fourth-order valence-corrected chi connectivity index (χ4v) is 4.36. The lowest BCUT2D eigenvalue weighted by Gasteiger charge is -2.36. The third-order valence-electron chi connectivity index (χ3n) is 6.10. The van der Waals surface area contributed by atoms with Gasteiger partial charge in [0.25, 0.3) is 0 Å². The van der Waals surface area contributed by atoms with Crippen LogP contribution in [0.2, 0.25) is 0 Å². The summed E-state index contributed by atoms with van der Waals surface area (Å²) in [5.74, 6) is 1.42. The molecule has 0 radical (unpaired) electrons. The van der Waals surface area contributed by atoms with Crippen LogP contribution in [0, 0.1) is 5.92 Å². The fraction of sp³-hybridized carbons (Fsp3) is 0.741. The van der Waals surface area contributed by atoms with E-state index < -0.39 is 0 Å². The number of carbonyl (C=O) groups is 1. The lowest BCUT2D eigenvalue weighted by atomic mass is 9.81. The van der Waals surface area contributed by atoms with Crippen molar-refractivity contribution in [1.29, 1.82) is 0 Å². The molecule has 0 bridgehead atoms. The normalized spacial score (nSPS) is 14.2. The molecule has 0 spiro atoms. The molecular weight excluding hydrogens is 386 g/mol. The van der Waals surface area contributed by atoms with Gasteiger partial charge in [-0.05, 0) is 72.6 Å². The van der Waals surface area contributed by atoms with Gasteiger partial charge in [-0.25, -0.2) is 0 Å². The van der Waals surface area contributed by atoms with Crippen LogP contribution in [0.3, 0.4) is 0 Å². The molecule has 0 aromatic heterocycles. The number of carbonyl (C=O) groups excluding carboxylic acids is 1. The smallest absolute Gasteiger partial charge is 0.305 e. The highest BCUT2D eigenvalue weighted by atomic mass is 16.5. The molecule has 0 aliphatic heterocycles. The number of rotatable bonds is 12. The van der Waals surface area contributed by atoms with E-state index in [1.807, 2.05) is 6.92 Å². The Morgan fingerprint density at radius 2 is 1.45 bits per heavy atom. The van der Waals surface area contributed by atoms with Gasteiger partial charge in [0.05, 0.1) is 12.6 Å². The quantitative estimate of drug-likeness (QED) is 0.273. The first-order valence-corrected chi connectivity index (χ1v) is 12.2. The zero-order valence-corrected chi connectivity index (χ0v) is 21.7. The fourth-order valence-electron chi connectivity index (χ4n) is 4.36. The average Bonchev–Trinajstić information content (AvgIpc) is 2.68. The average molecular weight is 434 g/mol. The first kappa shape index (κ1) is 27.6. The SMILES string of the molecule is CCOC(=O)CC[C@@H](CC(C)C)N(O)[C@H](C)c1c(C(C)C)cc(C(C)C)cc1C(C)C. The summed E-state index contributed by atoms with van der Waals surface area (Å²) < 4.78 is 5.12. The van der Waals surface area contributed by atoms with Crippen LogP contribution in [-0.2, 0) is 9.53 Å². The largest absolute Gasteiger partial charge is 0.466 e. The summed E-state index contributed by atoms with van der Waals surface area (Å²) in [5.41, 5.74) is 5.22. The number of esters is 1. The maximum absolute atomic E-state index is 12.0. The molecule has 2 atom stereocenters. The van der Waals surface area contributed by atoms with Gasteiger partial charge in [-0.2, -0.15) is 5.06 Å². The number of nitrogens with zero attached hydrogens (tertiary/aromatic N) is 1. The van der Waals surface area contributed by atoms with E-state index >= 15 is 0 Å². The van der Waals surface area contributed by atoms with Gasteiger partial charge in [0, 0.05) is 12.5 Å². The van der Waals surface area contributed by atoms with E-state index in [0.717, 1.165) is 6.42 Å². The number of hydrogen-bond donors (Lipinski definition) is 1. The summed E-state index contributed by atoms with van der Waals surface area (Å²) in [6, 6.07) is 4.42. The van der Waals surface area contributed by atoms with Crippen molar-refractivity contribution in [3.05, 3.63) is 34.4 Å². The van der Waals surface area contributed by atoms with Crippen LogP contribution in [-0.4, -0.2) is 28.9 Å². The topological polar surface area (TPSA) is 49.8 Å². The van der Waals surface area contributed by atoms with Crippen molar-refractivity contribution in [3.8, 4) is 0 Å². The molecule has 0 aliphatic rings. The molecule has 0 saturated heterocycles. The second-order valence-corrected chi connectivity index (χ2v) is 10.3. The Kier molecular flexibility index (Phi) is 11.2. The highest BCUT2D eigenvalue weighted by Gasteiger charge is 2.29. The Bertz CT molecular complexity index is 665. The summed E-state index contributed by atoms with van der Waals surface area (Å²) in [6.45, 7) is 22.0. The van der Waals surface area contributed by atoms with Gasteiger partial charge in [0.15, 0.2) is 0 Å². The van der Waals surface area contributed by atoms with Gasteiger partial charge in [-0.3, -0.25) is 4.79 Å². The zero-order valence-electron chi connectivity index (χ0n) is 21.7. The second-order valence-electron chi connectivity index (χ2n) is 10.3. The van der Waals surface area contributed by atoms with Crippen molar-refractivity contribution in [2.24, 2.45) is 5.92 Å². The maximum atomic E-state index is 12.0. The van der Waals surface area contributed by atoms with E-state index in [1.54, 1.807) is 0 Å². The van der Waals surface area contributed by atoms with Crippen LogP contribution >= 0.6 is 0 Å². The van der Waals surface area contributed by atoms with Crippen molar-refractivity contribution < 1.29 is 14.7 Å². The minimum atomic E-state index is -0.190. The predicted octanol–water partition coefficient (Wildman–Crippen LogP) is 7.57. The van der Waals surface area contributed by atoms with Gasteiger partial charge < -0.3 is 9.94 Å². The van der Waals surface area contributed by atoms with Crippen molar-refractivity contribution in [3.63, 3.8) is 0 Å². The lowest BCUT2D eigenvalue weighted by molar-refractivity contribution is -0.166. The molecule has 1 aromatic rings. The van der Waals surface area contributed by atoms with Gasteiger partial charge >= 0.3 is 5.97 Å². The van der Waals surface area contributed by atoms with Crippen molar-refractivity contribution in [1.82, 2.24) is 5.06 Å². The Hall–Kier alpha value is -1.39. The number of hydrogen-bond acceptors (Lipinski definition) is 4. The monoisotopic (exact) mass is 433 g/mol. The molecule has 0 amide bonds. The zero-order chi connectivity index (χ0) is 23.9. The van der Waals surface area contributed by atoms with E-state index in [2.05, 4.69) is 74.4 Å². The molecular formula is C27H47NO3. The molecule has 1 rings (SSSR count). The molecule has 31 heavy (non-hydrogen) atoms. The Morgan fingerprint density at radius 3 is 1.84 bits per heavy atom. The number of benzene rings is 1. The van der Waals surface area contributed by atoms with E-state index in [4.69, 9.17) is 4.74 Å². The molecule has 0 saturated carbocycles. The van der Waals surface area contributed by atoms with E-state index in [9.17, 15) is 10.0 Å². The van der Waals surface area contributed by atoms with Crippen LogP contribution in [0.5, 0.6) is 0 Å². The van der Waals surface area contributed by atoms with Crippen LogP contribution in [0.15, 0.2) is 12.1 Å². The van der Waals surface area contributed by atoms with E-state index in [1.165, 1.54) is 27.3 Å². The van der Waals surface area contributed by atoms with Crippen LogP contribution in [0.4, 0.5) is 0 Å². The summed E-state index contributed by atoms with van der Waals surface area (Å²) in [5, 5.41) is 12.9. The van der Waals surface area contributed by atoms with Crippen molar-refractivity contribution in [2.75, 3.05) is 6.61 Å². The highest BCUT2D eigenvalue weighted by molar-refractivity contribution is 5.69. The van der Waals surface area contributed by atoms with Crippen molar-refractivity contribution in [2.45, 2.75) is 118 Å². The standard InChI is InChI=1S/C27H47NO3/c1-11-31-26(29)13-12-23(14-17(2)3)28(30)21(10)27-24(19(6)7)15-22(18(4)5)16-25(27)20(8)9/h15-21,23,30H,11-14H2,1-10H3/t21-,23+/m1/s1. The van der Waals surface area contributed by atoms with E-state index in [-0.39, 0.29) is 18.1 Å². The van der Waals surface area contributed by atoms with Crippen LogP contribution in [0.25, 0.3) is 0 Å². The third-order valence-corrected chi connectivity index (χ3v) is 6.10. The third kappa shape index (κ3) is 7.91.